The summed E-state index contributed by atoms with van der Waals surface area (Å²) in [6.07, 6.45) is 0.0980. The van der Waals surface area contributed by atoms with Gasteiger partial charge >= 0.3 is 0 Å². The Kier molecular flexibility index (Phi) is 5.45. The Bertz CT molecular complexity index is 358. The fraction of sp³-hybridized carbons (Fsp3) is 0.364. The molecule has 0 saturated carbocycles. The van der Waals surface area contributed by atoms with Crippen LogP contribution in [0.25, 0.3) is 0 Å². The average Bonchev–Trinajstić information content (AvgIpc) is 2.29. The van der Waals surface area contributed by atoms with Crippen molar-refractivity contribution in [3.05, 3.63) is 34.3 Å². The lowest BCUT2D eigenvalue weighted by Crippen LogP contribution is -2.40. The molecular formula is C11H15BrN2O2. The molecule has 0 aliphatic carbocycles. The summed E-state index contributed by atoms with van der Waals surface area (Å²) in [6, 6.07) is 7.75. The molecule has 0 bridgehead atoms. The zero-order valence-corrected chi connectivity index (χ0v) is 10.7. The van der Waals surface area contributed by atoms with Gasteiger partial charge in [0.2, 0.25) is 0 Å². The molecule has 0 radical (unpaired) electrons. The largest absolute Gasteiger partial charge is 0.364 e. The zero-order chi connectivity index (χ0) is 12.0. The van der Waals surface area contributed by atoms with Crippen molar-refractivity contribution in [1.82, 2.24) is 5.43 Å². The number of benzene rings is 1. The van der Waals surface area contributed by atoms with Gasteiger partial charge in [0, 0.05) is 4.47 Å². The van der Waals surface area contributed by atoms with Gasteiger partial charge in [-0.05, 0) is 24.1 Å². The number of amides is 1. The minimum Gasteiger partial charge on any atom is -0.364 e. The lowest BCUT2D eigenvalue weighted by Gasteiger charge is -2.14. The van der Waals surface area contributed by atoms with Crippen LogP contribution in [0.1, 0.15) is 18.9 Å². The van der Waals surface area contributed by atoms with Gasteiger partial charge in [-0.25, -0.2) is 5.84 Å². The number of rotatable bonds is 5. The second-order valence-corrected chi connectivity index (χ2v) is 4.26. The van der Waals surface area contributed by atoms with Crippen LogP contribution in [0, 0.1) is 0 Å². The molecule has 0 aliphatic rings. The number of nitrogens with two attached hydrogens (primary N) is 1. The monoisotopic (exact) mass is 286 g/mol. The first-order chi connectivity index (χ1) is 7.67. The minimum atomic E-state index is -0.496. The summed E-state index contributed by atoms with van der Waals surface area (Å²) < 4.78 is 6.46. The fourth-order valence-corrected chi connectivity index (χ4v) is 1.74. The van der Waals surface area contributed by atoms with Crippen LogP contribution in [0.5, 0.6) is 0 Å². The number of nitrogens with one attached hydrogen (secondary N) is 1. The van der Waals surface area contributed by atoms with Crippen LogP contribution in [0.2, 0.25) is 0 Å². The lowest BCUT2D eigenvalue weighted by atomic mass is 10.2. The molecule has 0 fully saturated rings. The Morgan fingerprint density at radius 1 is 1.62 bits per heavy atom. The molecule has 0 aliphatic heterocycles. The maximum atomic E-state index is 11.3. The van der Waals surface area contributed by atoms with Crippen molar-refractivity contribution < 1.29 is 9.53 Å². The van der Waals surface area contributed by atoms with Gasteiger partial charge in [0.05, 0.1) is 6.61 Å². The van der Waals surface area contributed by atoms with Crippen LogP contribution in [0.15, 0.2) is 28.7 Å². The van der Waals surface area contributed by atoms with Crippen molar-refractivity contribution in [2.45, 2.75) is 26.1 Å². The number of hydrogen-bond acceptors (Lipinski definition) is 3. The van der Waals surface area contributed by atoms with E-state index in [1.54, 1.807) is 0 Å². The first-order valence-electron chi connectivity index (χ1n) is 5.04. The molecule has 1 aromatic carbocycles. The Morgan fingerprint density at radius 2 is 2.38 bits per heavy atom. The Labute approximate surface area is 103 Å². The van der Waals surface area contributed by atoms with E-state index in [1.165, 1.54) is 0 Å². The molecule has 1 amide bonds. The van der Waals surface area contributed by atoms with Gasteiger partial charge in [0.25, 0.3) is 5.91 Å². The first-order valence-corrected chi connectivity index (χ1v) is 5.83. The van der Waals surface area contributed by atoms with Gasteiger partial charge in [-0.1, -0.05) is 35.0 Å². The number of carbonyl (C=O) groups excluding carboxylic acids is 1. The summed E-state index contributed by atoms with van der Waals surface area (Å²) in [7, 11) is 0. The minimum absolute atomic E-state index is 0.294. The molecule has 4 nitrogen and oxygen atoms in total. The highest BCUT2D eigenvalue weighted by molar-refractivity contribution is 9.10. The van der Waals surface area contributed by atoms with Crippen LogP contribution >= 0.6 is 15.9 Å². The summed E-state index contributed by atoms with van der Waals surface area (Å²) in [4.78, 5) is 11.3. The highest BCUT2D eigenvalue weighted by Gasteiger charge is 2.15. The summed E-state index contributed by atoms with van der Waals surface area (Å²) in [6.45, 7) is 2.27. The molecule has 1 unspecified atom stereocenters. The van der Waals surface area contributed by atoms with Crippen molar-refractivity contribution >= 4 is 21.8 Å². The number of hydrogen-bond donors (Lipinski definition) is 2. The quantitative estimate of drug-likeness (QED) is 0.492. The maximum Gasteiger partial charge on any atom is 0.262 e. The van der Waals surface area contributed by atoms with Gasteiger partial charge in [-0.15, -0.1) is 0 Å². The predicted octanol–water partition coefficient (Wildman–Crippen LogP) is 1.73. The van der Waals surface area contributed by atoms with Crippen molar-refractivity contribution in [3.8, 4) is 0 Å². The fourth-order valence-electron chi connectivity index (χ4n) is 1.30. The highest BCUT2D eigenvalue weighted by Crippen LogP contribution is 2.13. The third-order valence-corrected chi connectivity index (χ3v) is 2.64. The van der Waals surface area contributed by atoms with E-state index in [0.717, 1.165) is 10.0 Å². The van der Waals surface area contributed by atoms with Crippen LogP contribution in [0.4, 0.5) is 0 Å². The van der Waals surface area contributed by atoms with Gasteiger partial charge in [0.1, 0.15) is 6.10 Å². The summed E-state index contributed by atoms with van der Waals surface area (Å²) in [5.74, 6) is 4.76. The van der Waals surface area contributed by atoms with Crippen molar-refractivity contribution in [3.63, 3.8) is 0 Å². The van der Waals surface area contributed by atoms with Gasteiger partial charge in [-0.3, -0.25) is 10.2 Å². The number of halogens is 1. The molecular weight excluding hydrogens is 272 g/mol. The van der Waals surface area contributed by atoms with Gasteiger partial charge < -0.3 is 4.74 Å². The van der Waals surface area contributed by atoms with E-state index < -0.39 is 6.10 Å². The SMILES string of the molecule is CCC(OCc1cccc(Br)c1)C(=O)NN. The third-order valence-electron chi connectivity index (χ3n) is 2.15. The van der Waals surface area contributed by atoms with E-state index in [0.29, 0.717) is 13.0 Å². The number of carbonyl (C=O) groups is 1. The summed E-state index contributed by atoms with van der Waals surface area (Å²) in [5, 5.41) is 0. The lowest BCUT2D eigenvalue weighted by molar-refractivity contribution is -0.133. The summed E-state index contributed by atoms with van der Waals surface area (Å²) in [5.41, 5.74) is 3.10. The zero-order valence-electron chi connectivity index (χ0n) is 9.07. The normalized spacial score (nSPS) is 12.2. The molecule has 5 heteroatoms. The molecule has 0 saturated heterocycles. The highest BCUT2D eigenvalue weighted by atomic mass is 79.9. The molecule has 0 heterocycles. The van der Waals surface area contributed by atoms with Gasteiger partial charge in [-0.2, -0.15) is 0 Å². The molecule has 1 aromatic rings. The molecule has 0 aromatic heterocycles. The van der Waals surface area contributed by atoms with E-state index >= 15 is 0 Å². The van der Waals surface area contributed by atoms with E-state index in [4.69, 9.17) is 10.6 Å². The number of hydrazine groups is 1. The third kappa shape index (κ3) is 3.92. The van der Waals surface area contributed by atoms with Crippen LogP contribution in [-0.2, 0) is 16.1 Å². The second kappa shape index (κ2) is 6.62. The van der Waals surface area contributed by atoms with Crippen LogP contribution in [0.3, 0.4) is 0 Å². The topological polar surface area (TPSA) is 64.3 Å². The molecule has 16 heavy (non-hydrogen) atoms. The second-order valence-electron chi connectivity index (χ2n) is 3.35. The van der Waals surface area contributed by atoms with E-state index in [2.05, 4.69) is 21.4 Å². The number of ether oxygens (including phenoxy) is 1. The maximum absolute atomic E-state index is 11.3. The smallest absolute Gasteiger partial charge is 0.262 e. The Balaban J connectivity index is 2.52. The average molecular weight is 287 g/mol. The van der Waals surface area contributed by atoms with Crippen LogP contribution in [-0.4, -0.2) is 12.0 Å². The van der Waals surface area contributed by atoms with Crippen molar-refractivity contribution in [1.29, 1.82) is 0 Å². The van der Waals surface area contributed by atoms with Gasteiger partial charge in [0.15, 0.2) is 0 Å². The van der Waals surface area contributed by atoms with E-state index in [1.807, 2.05) is 31.2 Å². The Hall–Kier alpha value is -0.910. The standard InChI is InChI=1S/C11H15BrN2O2/c1-2-10(11(15)14-13)16-7-8-4-3-5-9(12)6-8/h3-6,10H,2,7,13H2,1H3,(H,14,15). The van der Waals surface area contributed by atoms with Crippen molar-refractivity contribution in [2.75, 3.05) is 0 Å². The van der Waals surface area contributed by atoms with Crippen LogP contribution < -0.4 is 11.3 Å². The molecule has 3 N–H and O–H groups in total. The first kappa shape index (κ1) is 13.2. The molecule has 88 valence electrons. The molecule has 0 spiro atoms. The molecule has 1 atom stereocenters. The summed E-state index contributed by atoms with van der Waals surface area (Å²) >= 11 is 3.37. The van der Waals surface area contributed by atoms with Crippen molar-refractivity contribution in [2.24, 2.45) is 5.84 Å². The predicted molar refractivity (Wildman–Crippen MR) is 65.3 cm³/mol. The van der Waals surface area contributed by atoms with E-state index in [-0.39, 0.29) is 5.91 Å². The van der Waals surface area contributed by atoms with E-state index in [9.17, 15) is 4.79 Å². The molecule has 1 rings (SSSR count). The Morgan fingerprint density at radius 3 is 2.94 bits per heavy atom.